The third-order valence-corrected chi connectivity index (χ3v) is 12.0. The van der Waals surface area contributed by atoms with Crippen molar-refractivity contribution in [3.05, 3.63) is 111 Å². The third-order valence-electron chi connectivity index (χ3n) is 6.88. The Bertz CT molecular complexity index is 1070. The summed E-state index contributed by atoms with van der Waals surface area (Å²) in [7, 11) is -2.49. The lowest BCUT2D eigenvalue weighted by molar-refractivity contribution is 0.924. The van der Waals surface area contributed by atoms with Gasteiger partial charge in [-0.25, -0.2) is 0 Å². The third kappa shape index (κ3) is 3.84. The largest absolute Gasteiger partial charge is 0.176 e. The second-order valence-electron chi connectivity index (χ2n) is 10.1. The Labute approximate surface area is 195 Å². The molecule has 3 aromatic rings. The van der Waals surface area contributed by atoms with Crippen LogP contribution >= 0.6 is 0 Å². The molecule has 1 atom stereocenters. The Kier molecular flexibility index (Phi) is 5.90. The van der Waals surface area contributed by atoms with Gasteiger partial charge in [-0.05, 0) is 69.9 Å². The van der Waals surface area contributed by atoms with Gasteiger partial charge in [0.15, 0.2) is 8.07 Å². The van der Waals surface area contributed by atoms with Crippen LogP contribution in [0, 0.1) is 47.5 Å². The van der Waals surface area contributed by atoms with Crippen LogP contribution in [-0.4, -0.2) is 8.07 Å². The molecule has 1 aliphatic carbocycles. The predicted molar refractivity (Wildman–Crippen MR) is 143 cm³/mol. The van der Waals surface area contributed by atoms with Crippen LogP contribution in [0.2, 0.25) is 0 Å². The maximum absolute atomic E-state index is 2.49. The first-order valence-electron chi connectivity index (χ1n) is 11.8. The molecule has 1 heteroatoms. The minimum absolute atomic E-state index is 0.434. The summed E-state index contributed by atoms with van der Waals surface area (Å²) in [5.41, 5.74) is 9.54. The van der Waals surface area contributed by atoms with Crippen LogP contribution in [0.4, 0.5) is 0 Å². The van der Waals surface area contributed by atoms with E-state index in [1.54, 1.807) is 5.20 Å². The molecule has 0 fully saturated rings. The van der Waals surface area contributed by atoms with Crippen LogP contribution in [-0.2, 0) is 0 Å². The standard InChI is InChI=1S/C31H36Si/c1-20-11-21(2)15-28(14-20)32(31-26(7)9-10-27(31)8,29-16-22(3)12-23(4)17-29)30-18-24(5)13-25(6)19-30/h9-19,26H,1-8H3. The van der Waals surface area contributed by atoms with Gasteiger partial charge in [0.25, 0.3) is 0 Å². The van der Waals surface area contributed by atoms with Crippen LogP contribution < -0.4 is 15.6 Å². The SMILES string of the molecule is CC1=C([Si](c2cc(C)cc(C)c2)(c2cc(C)cc(C)c2)c2cc(C)cc(C)c2)C(C)C=C1. The van der Waals surface area contributed by atoms with Crippen LogP contribution in [0.1, 0.15) is 47.2 Å². The lowest BCUT2D eigenvalue weighted by atomic mass is 10.1. The first-order valence-corrected chi connectivity index (χ1v) is 13.8. The number of aryl methyl sites for hydroxylation is 6. The fourth-order valence-electron chi connectivity index (χ4n) is 6.01. The molecule has 0 heterocycles. The van der Waals surface area contributed by atoms with Gasteiger partial charge >= 0.3 is 0 Å². The zero-order chi connectivity index (χ0) is 23.2. The summed E-state index contributed by atoms with van der Waals surface area (Å²) in [6.07, 6.45) is 4.76. The smallest absolute Gasteiger partial charge is 0.0777 e. The van der Waals surface area contributed by atoms with Crippen molar-refractivity contribution in [3.63, 3.8) is 0 Å². The van der Waals surface area contributed by atoms with Crippen molar-refractivity contribution in [2.45, 2.75) is 55.4 Å². The lowest BCUT2D eigenvalue weighted by Gasteiger charge is -2.39. The molecule has 0 bridgehead atoms. The molecule has 32 heavy (non-hydrogen) atoms. The van der Waals surface area contributed by atoms with Gasteiger partial charge in [-0.15, -0.1) is 0 Å². The average molecular weight is 437 g/mol. The molecular weight excluding hydrogens is 400 g/mol. The van der Waals surface area contributed by atoms with Crippen LogP contribution in [0.15, 0.2) is 77.5 Å². The van der Waals surface area contributed by atoms with E-state index < -0.39 is 8.07 Å². The molecule has 3 aromatic carbocycles. The van der Waals surface area contributed by atoms with Crippen molar-refractivity contribution in [2.75, 3.05) is 0 Å². The summed E-state index contributed by atoms with van der Waals surface area (Å²) < 4.78 is 0. The molecular formula is C31H36Si. The van der Waals surface area contributed by atoms with Crippen LogP contribution in [0.25, 0.3) is 0 Å². The van der Waals surface area contributed by atoms with Crippen LogP contribution in [0.5, 0.6) is 0 Å². The Hall–Kier alpha value is -2.64. The summed E-state index contributed by atoms with van der Waals surface area (Å²) in [6.45, 7) is 18.2. The van der Waals surface area contributed by atoms with E-state index >= 15 is 0 Å². The number of hydrogen-bond acceptors (Lipinski definition) is 0. The van der Waals surface area contributed by atoms with Gasteiger partial charge in [0.2, 0.25) is 0 Å². The van der Waals surface area contributed by atoms with Crippen molar-refractivity contribution < 1.29 is 0 Å². The highest BCUT2D eigenvalue weighted by atomic mass is 28.3. The van der Waals surface area contributed by atoms with E-state index in [1.807, 2.05) is 0 Å². The van der Waals surface area contributed by atoms with Crippen molar-refractivity contribution in [2.24, 2.45) is 5.92 Å². The van der Waals surface area contributed by atoms with Gasteiger partial charge in [-0.2, -0.15) is 0 Å². The molecule has 0 aliphatic heterocycles. The highest BCUT2D eigenvalue weighted by Gasteiger charge is 2.46. The highest BCUT2D eigenvalue weighted by molar-refractivity contribution is 7.16. The van der Waals surface area contributed by atoms with Gasteiger partial charge in [0.05, 0.1) is 0 Å². The fourth-order valence-corrected chi connectivity index (χ4v) is 12.1. The van der Waals surface area contributed by atoms with Gasteiger partial charge in [-0.3, -0.25) is 0 Å². The lowest BCUT2D eigenvalue weighted by Crippen LogP contribution is -2.69. The van der Waals surface area contributed by atoms with Crippen molar-refractivity contribution in [1.82, 2.24) is 0 Å². The minimum atomic E-state index is -2.49. The molecule has 0 aromatic heterocycles. The maximum atomic E-state index is 2.47. The Morgan fingerprint density at radius 3 is 1.06 bits per heavy atom. The molecule has 4 rings (SSSR count). The van der Waals surface area contributed by atoms with Gasteiger partial charge in [-0.1, -0.05) is 118 Å². The Morgan fingerprint density at radius 2 is 0.812 bits per heavy atom. The quantitative estimate of drug-likeness (QED) is 0.344. The average Bonchev–Trinajstić information content (AvgIpc) is 3.00. The summed E-state index contributed by atoms with van der Waals surface area (Å²) in [4.78, 5) is 0. The van der Waals surface area contributed by atoms with E-state index in [4.69, 9.17) is 0 Å². The van der Waals surface area contributed by atoms with E-state index in [0.717, 1.165) is 0 Å². The van der Waals surface area contributed by atoms with Gasteiger partial charge < -0.3 is 0 Å². The van der Waals surface area contributed by atoms with Gasteiger partial charge in [0.1, 0.15) is 0 Å². The maximum Gasteiger partial charge on any atom is 0.176 e. The zero-order valence-electron chi connectivity index (χ0n) is 20.9. The summed E-state index contributed by atoms with van der Waals surface area (Å²) >= 11 is 0. The normalized spacial score (nSPS) is 16.2. The molecule has 1 aliphatic rings. The number of allylic oxidation sites excluding steroid dienone is 4. The molecule has 0 N–H and O–H groups in total. The first kappa shape index (κ1) is 22.5. The molecule has 0 nitrogen and oxygen atoms in total. The predicted octanol–water partition coefficient (Wildman–Crippen LogP) is 6.07. The Morgan fingerprint density at radius 1 is 0.500 bits per heavy atom. The first-order chi connectivity index (χ1) is 15.1. The summed E-state index contributed by atoms with van der Waals surface area (Å²) in [6, 6.07) is 21.8. The molecule has 0 amide bonds. The van der Waals surface area contributed by atoms with Crippen molar-refractivity contribution in [1.29, 1.82) is 0 Å². The van der Waals surface area contributed by atoms with E-state index in [9.17, 15) is 0 Å². The Balaban J connectivity index is 2.25. The molecule has 0 radical (unpaired) electrons. The topological polar surface area (TPSA) is 0 Å². The fraction of sp³-hybridized carbons (Fsp3) is 0.290. The summed E-state index contributed by atoms with van der Waals surface area (Å²) in [5, 5.41) is 6.16. The van der Waals surface area contributed by atoms with Crippen LogP contribution in [0.3, 0.4) is 0 Å². The highest BCUT2D eigenvalue weighted by Crippen LogP contribution is 2.34. The van der Waals surface area contributed by atoms with E-state index in [0.29, 0.717) is 5.92 Å². The number of benzene rings is 3. The van der Waals surface area contributed by atoms with Gasteiger partial charge in [0, 0.05) is 0 Å². The van der Waals surface area contributed by atoms with E-state index in [2.05, 4.69) is 122 Å². The van der Waals surface area contributed by atoms with E-state index in [1.165, 1.54) is 54.5 Å². The number of rotatable bonds is 4. The zero-order valence-corrected chi connectivity index (χ0v) is 21.9. The second-order valence-corrected chi connectivity index (χ2v) is 13.9. The molecule has 0 spiro atoms. The van der Waals surface area contributed by atoms with E-state index in [-0.39, 0.29) is 0 Å². The summed E-state index contributed by atoms with van der Waals surface area (Å²) in [5.74, 6) is 0.434. The molecule has 164 valence electrons. The molecule has 0 saturated carbocycles. The monoisotopic (exact) mass is 436 g/mol. The second kappa shape index (κ2) is 8.37. The molecule has 0 saturated heterocycles. The minimum Gasteiger partial charge on any atom is -0.0777 e. The molecule has 1 unspecified atom stereocenters. The van der Waals surface area contributed by atoms with Crippen molar-refractivity contribution >= 4 is 23.6 Å². The number of hydrogen-bond donors (Lipinski definition) is 0. The van der Waals surface area contributed by atoms with Crippen molar-refractivity contribution in [3.8, 4) is 0 Å².